The van der Waals surface area contributed by atoms with E-state index < -0.39 is 25.0 Å². The maximum Gasteiger partial charge on any atom is 0.268 e. The molecule has 5 rings (SSSR count). The van der Waals surface area contributed by atoms with Gasteiger partial charge in [-0.3, -0.25) is 14.2 Å². The molecule has 0 spiro atoms. The SMILES string of the molecule is CCc1cc(C(=O)c2ccccc2Cl)c(-n2c(CO)nnc2CNC(=O)c2c(CC)c3ccccc3n2CC(=O)[O-])s1. The third-order valence-corrected chi connectivity index (χ3v) is 8.55. The normalized spacial score (nSPS) is 11.2. The fourth-order valence-electron chi connectivity index (χ4n) is 5.06. The van der Waals surface area contributed by atoms with E-state index in [0.29, 0.717) is 45.1 Å². The van der Waals surface area contributed by atoms with E-state index in [4.69, 9.17) is 11.6 Å². The lowest BCUT2D eigenvalue weighted by atomic mass is 10.0. The van der Waals surface area contributed by atoms with E-state index in [1.54, 1.807) is 47.0 Å². The molecular formula is C30H27ClN5O5S-. The van der Waals surface area contributed by atoms with Crippen LogP contribution < -0.4 is 10.4 Å². The van der Waals surface area contributed by atoms with Crippen LogP contribution in [0.1, 0.15) is 62.3 Å². The minimum absolute atomic E-state index is 0.110. The summed E-state index contributed by atoms with van der Waals surface area (Å²) in [5, 5.41) is 34.4. The Kier molecular flexibility index (Phi) is 8.53. The number of aryl methyl sites for hydroxylation is 2. The number of thiophene rings is 1. The molecule has 12 heteroatoms. The second-order valence-corrected chi connectivity index (χ2v) is 11.0. The Morgan fingerprint density at radius 3 is 2.40 bits per heavy atom. The number of benzene rings is 2. The summed E-state index contributed by atoms with van der Waals surface area (Å²) in [5.74, 6) is -1.64. The molecule has 216 valence electrons. The van der Waals surface area contributed by atoms with Crippen LogP contribution >= 0.6 is 22.9 Å². The summed E-state index contributed by atoms with van der Waals surface area (Å²) in [4.78, 5) is 39.8. The molecule has 0 saturated carbocycles. The standard InChI is InChI=1S/C30H28ClN5O5S/c1-3-17-13-21(28(40)20-10-5-7-11-22(20)31)30(42-17)36-24(33-34-25(36)16-37)14-32-29(41)27-18(4-2)19-9-6-8-12-23(19)35(27)15-26(38)39/h5-13,37H,3-4,14-16H2,1-2H3,(H,32,41)(H,38,39)/p-1. The lowest BCUT2D eigenvalue weighted by molar-refractivity contribution is -0.306. The molecular weight excluding hydrogens is 578 g/mol. The third kappa shape index (κ3) is 5.34. The van der Waals surface area contributed by atoms with Crippen LogP contribution in [0, 0.1) is 0 Å². The number of aliphatic carboxylic acids is 1. The number of nitrogens with zero attached hydrogens (tertiary/aromatic N) is 4. The molecule has 0 aliphatic heterocycles. The van der Waals surface area contributed by atoms with Crippen molar-refractivity contribution < 1.29 is 24.6 Å². The molecule has 42 heavy (non-hydrogen) atoms. The summed E-state index contributed by atoms with van der Waals surface area (Å²) >= 11 is 7.70. The highest BCUT2D eigenvalue weighted by molar-refractivity contribution is 7.15. The average molecular weight is 605 g/mol. The lowest BCUT2D eigenvalue weighted by Crippen LogP contribution is -2.32. The van der Waals surface area contributed by atoms with Gasteiger partial charge in [0.2, 0.25) is 0 Å². The Bertz CT molecular complexity index is 1820. The number of carboxylic acid groups (broad SMARTS) is 1. The van der Waals surface area contributed by atoms with Crippen molar-refractivity contribution >= 4 is 51.5 Å². The van der Waals surface area contributed by atoms with E-state index in [0.717, 1.165) is 10.3 Å². The van der Waals surface area contributed by atoms with Crippen LogP contribution in [0.5, 0.6) is 0 Å². The molecule has 0 aliphatic carbocycles. The van der Waals surface area contributed by atoms with Crippen molar-refractivity contribution in [1.82, 2.24) is 24.6 Å². The first-order chi connectivity index (χ1) is 20.3. The molecule has 2 N–H and O–H groups in total. The number of amides is 1. The number of aliphatic hydroxyl groups is 1. The first-order valence-corrected chi connectivity index (χ1v) is 14.5. The molecule has 10 nitrogen and oxygen atoms in total. The van der Waals surface area contributed by atoms with Crippen molar-refractivity contribution in [3.63, 3.8) is 0 Å². The van der Waals surface area contributed by atoms with E-state index in [1.165, 1.54) is 15.9 Å². The summed E-state index contributed by atoms with van der Waals surface area (Å²) in [7, 11) is 0. The highest BCUT2D eigenvalue weighted by atomic mass is 35.5. The van der Waals surface area contributed by atoms with Crippen molar-refractivity contribution in [3.05, 3.63) is 98.5 Å². The molecule has 0 saturated heterocycles. The molecule has 0 aliphatic rings. The van der Waals surface area contributed by atoms with Gasteiger partial charge in [-0.2, -0.15) is 0 Å². The number of halogens is 1. The van der Waals surface area contributed by atoms with Gasteiger partial charge in [-0.25, -0.2) is 0 Å². The number of ketones is 1. The summed E-state index contributed by atoms with van der Waals surface area (Å²) in [6.45, 7) is 2.81. The second kappa shape index (κ2) is 12.3. The molecule has 5 aromatic rings. The van der Waals surface area contributed by atoms with Crippen LogP contribution in [-0.2, 0) is 37.3 Å². The molecule has 0 bridgehead atoms. The zero-order chi connectivity index (χ0) is 30.0. The molecule has 0 radical (unpaired) electrons. The number of nitrogens with one attached hydrogen (secondary N) is 1. The van der Waals surface area contributed by atoms with E-state index in [2.05, 4.69) is 15.5 Å². The predicted molar refractivity (Wildman–Crippen MR) is 157 cm³/mol. The van der Waals surface area contributed by atoms with Gasteiger partial charge in [0.05, 0.1) is 29.6 Å². The maximum atomic E-state index is 13.6. The first kappa shape index (κ1) is 29.2. The molecule has 3 aromatic heterocycles. The van der Waals surface area contributed by atoms with Gasteiger partial charge in [-0.05, 0) is 42.7 Å². The Morgan fingerprint density at radius 2 is 1.71 bits per heavy atom. The van der Waals surface area contributed by atoms with Crippen molar-refractivity contribution in [1.29, 1.82) is 0 Å². The van der Waals surface area contributed by atoms with Gasteiger partial charge < -0.3 is 24.9 Å². The number of hydrogen-bond acceptors (Lipinski definition) is 8. The quantitative estimate of drug-likeness (QED) is 0.220. The molecule has 3 heterocycles. The van der Waals surface area contributed by atoms with Gasteiger partial charge in [0.1, 0.15) is 17.3 Å². The Labute approximate surface area is 250 Å². The van der Waals surface area contributed by atoms with Crippen LogP contribution in [0.3, 0.4) is 0 Å². The zero-order valence-corrected chi connectivity index (χ0v) is 24.5. The fraction of sp³-hybridized carbons (Fsp3) is 0.233. The number of carboxylic acids is 1. The molecule has 0 unspecified atom stereocenters. The number of para-hydroxylation sites is 1. The Balaban J connectivity index is 1.54. The van der Waals surface area contributed by atoms with Crippen molar-refractivity contribution in [3.8, 4) is 5.00 Å². The van der Waals surface area contributed by atoms with Gasteiger partial charge in [0.25, 0.3) is 5.91 Å². The minimum atomic E-state index is -1.32. The van der Waals surface area contributed by atoms with Gasteiger partial charge in [0.15, 0.2) is 17.4 Å². The summed E-state index contributed by atoms with van der Waals surface area (Å²) in [6, 6.07) is 15.8. The highest BCUT2D eigenvalue weighted by Gasteiger charge is 2.26. The van der Waals surface area contributed by atoms with Crippen LogP contribution in [0.4, 0.5) is 0 Å². The number of carbonyl (C=O) groups is 3. The van der Waals surface area contributed by atoms with Gasteiger partial charge >= 0.3 is 0 Å². The molecule has 1 amide bonds. The Hall–Kier alpha value is -4.32. The molecule has 2 aromatic carbocycles. The number of aromatic nitrogens is 4. The number of fused-ring (bicyclic) bond motifs is 1. The topological polar surface area (TPSA) is 142 Å². The van der Waals surface area contributed by atoms with Gasteiger partial charge in [0, 0.05) is 21.3 Å². The van der Waals surface area contributed by atoms with E-state index in [-0.39, 0.29) is 29.7 Å². The predicted octanol–water partition coefficient (Wildman–Crippen LogP) is 3.46. The second-order valence-electron chi connectivity index (χ2n) is 9.46. The van der Waals surface area contributed by atoms with Gasteiger partial charge in [-0.15, -0.1) is 21.5 Å². The van der Waals surface area contributed by atoms with Crippen molar-refractivity contribution in [2.75, 3.05) is 0 Å². The van der Waals surface area contributed by atoms with Crippen molar-refractivity contribution in [2.45, 2.75) is 46.4 Å². The summed E-state index contributed by atoms with van der Waals surface area (Å²) in [5.41, 5.74) is 2.25. The summed E-state index contributed by atoms with van der Waals surface area (Å²) in [6.07, 6.45) is 1.16. The molecule has 0 atom stereocenters. The summed E-state index contributed by atoms with van der Waals surface area (Å²) < 4.78 is 3.02. The van der Waals surface area contributed by atoms with E-state index in [1.807, 2.05) is 26.0 Å². The zero-order valence-electron chi connectivity index (χ0n) is 22.9. The smallest absolute Gasteiger partial charge is 0.268 e. The number of hydrogen-bond donors (Lipinski definition) is 2. The number of carbonyl (C=O) groups excluding carboxylic acids is 3. The van der Waals surface area contributed by atoms with Crippen LogP contribution in [0.25, 0.3) is 15.9 Å². The van der Waals surface area contributed by atoms with Crippen LogP contribution in [0.2, 0.25) is 5.02 Å². The van der Waals surface area contributed by atoms with E-state index in [9.17, 15) is 24.6 Å². The van der Waals surface area contributed by atoms with Crippen molar-refractivity contribution in [2.24, 2.45) is 0 Å². The minimum Gasteiger partial charge on any atom is -0.548 e. The monoisotopic (exact) mass is 604 g/mol. The number of aliphatic hydroxyl groups excluding tert-OH is 1. The van der Waals surface area contributed by atoms with E-state index >= 15 is 0 Å². The fourth-order valence-corrected chi connectivity index (χ4v) is 6.41. The molecule has 0 fully saturated rings. The number of rotatable bonds is 11. The highest BCUT2D eigenvalue weighted by Crippen LogP contribution is 2.33. The van der Waals surface area contributed by atoms with Crippen LogP contribution in [0.15, 0.2) is 54.6 Å². The largest absolute Gasteiger partial charge is 0.548 e. The lowest BCUT2D eigenvalue weighted by Gasteiger charge is -2.14. The van der Waals surface area contributed by atoms with Gasteiger partial charge in [-0.1, -0.05) is 55.8 Å². The average Bonchev–Trinajstić information content (AvgIpc) is 3.69. The first-order valence-electron chi connectivity index (χ1n) is 13.3. The maximum absolute atomic E-state index is 13.6. The Morgan fingerprint density at radius 1 is 1.00 bits per heavy atom. The third-order valence-electron chi connectivity index (χ3n) is 6.96. The van der Waals surface area contributed by atoms with Crippen LogP contribution in [-0.4, -0.2) is 42.1 Å².